The van der Waals surface area contributed by atoms with Crippen molar-refractivity contribution in [3.05, 3.63) is 58.4 Å². The van der Waals surface area contributed by atoms with Gasteiger partial charge in [-0.25, -0.2) is 0 Å². The molecule has 0 saturated carbocycles. The Morgan fingerprint density at radius 1 is 1.32 bits per heavy atom. The van der Waals surface area contributed by atoms with E-state index in [1.807, 2.05) is 5.32 Å². The van der Waals surface area contributed by atoms with Crippen molar-refractivity contribution >= 4 is 11.6 Å². The molecule has 134 valence electrons. The molecule has 0 fully saturated rings. The van der Waals surface area contributed by atoms with E-state index in [9.17, 15) is 28.1 Å². The van der Waals surface area contributed by atoms with Crippen LogP contribution in [0.1, 0.15) is 24.4 Å². The molecular formula is C15H15F3N4O3. The topological polar surface area (TPSA) is 90.1 Å². The van der Waals surface area contributed by atoms with Gasteiger partial charge in [0.1, 0.15) is 12.4 Å². The molecule has 1 amide bonds. The number of amides is 1. The van der Waals surface area contributed by atoms with E-state index < -0.39 is 23.0 Å². The zero-order chi connectivity index (χ0) is 18.4. The van der Waals surface area contributed by atoms with Gasteiger partial charge in [-0.05, 0) is 12.0 Å². The third-order valence-corrected chi connectivity index (χ3v) is 3.39. The molecule has 0 spiro atoms. The van der Waals surface area contributed by atoms with Crippen LogP contribution in [0.5, 0.6) is 0 Å². The van der Waals surface area contributed by atoms with Crippen molar-refractivity contribution in [1.82, 2.24) is 15.1 Å². The summed E-state index contributed by atoms with van der Waals surface area (Å²) in [5.41, 5.74) is -0.239. The molecule has 25 heavy (non-hydrogen) atoms. The third-order valence-electron chi connectivity index (χ3n) is 3.39. The van der Waals surface area contributed by atoms with Crippen molar-refractivity contribution in [2.45, 2.75) is 31.6 Å². The first kappa shape index (κ1) is 18.4. The molecule has 0 aliphatic carbocycles. The number of aryl methyl sites for hydroxylation is 1. The van der Waals surface area contributed by atoms with Crippen molar-refractivity contribution in [2.24, 2.45) is 0 Å². The van der Waals surface area contributed by atoms with Crippen molar-refractivity contribution in [1.29, 1.82) is 0 Å². The maximum absolute atomic E-state index is 13.1. The van der Waals surface area contributed by atoms with Crippen molar-refractivity contribution < 1.29 is 22.9 Å². The molecule has 2 rings (SSSR count). The Morgan fingerprint density at radius 2 is 2.00 bits per heavy atom. The maximum Gasteiger partial charge on any atom is 0.412 e. The number of benzene rings is 1. The summed E-state index contributed by atoms with van der Waals surface area (Å²) >= 11 is 0. The van der Waals surface area contributed by atoms with E-state index in [-0.39, 0.29) is 30.6 Å². The zero-order valence-electron chi connectivity index (χ0n) is 12.9. The van der Waals surface area contributed by atoms with Gasteiger partial charge in [-0.1, -0.05) is 30.3 Å². The van der Waals surface area contributed by atoms with Crippen LogP contribution in [0.4, 0.5) is 18.9 Å². The van der Waals surface area contributed by atoms with Gasteiger partial charge in [0.2, 0.25) is 5.91 Å². The van der Waals surface area contributed by atoms with Crippen molar-refractivity contribution in [2.75, 3.05) is 0 Å². The van der Waals surface area contributed by atoms with Crippen molar-refractivity contribution in [3.63, 3.8) is 0 Å². The molecule has 1 aromatic heterocycles. The average Bonchev–Trinajstić information content (AvgIpc) is 3.01. The molecule has 0 radical (unpaired) electrons. The number of alkyl halides is 3. The second kappa shape index (κ2) is 7.77. The second-order valence-electron chi connectivity index (χ2n) is 5.28. The van der Waals surface area contributed by atoms with Gasteiger partial charge in [-0.15, -0.1) is 0 Å². The van der Waals surface area contributed by atoms with E-state index >= 15 is 0 Å². The molecule has 2 aromatic rings. The molecule has 0 bridgehead atoms. The Morgan fingerprint density at radius 3 is 2.56 bits per heavy atom. The van der Waals surface area contributed by atoms with Crippen LogP contribution < -0.4 is 5.32 Å². The summed E-state index contributed by atoms with van der Waals surface area (Å²) in [4.78, 5) is 21.7. The molecule has 1 heterocycles. The van der Waals surface area contributed by atoms with Gasteiger partial charge >= 0.3 is 11.9 Å². The van der Waals surface area contributed by atoms with E-state index in [1.54, 1.807) is 6.07 Å². The Labute approximate surface area is 140 Å². The van der Waals surface area contributed by atoms with Crippen LogP contribution in [-0.2, 0) is 11.3 Å². The third kappa shape index (κ3) is 5.30. The summed E-state index contributed by atoms with van der Waals surface area (Å²) in [6, 6.07) is 5.02. The Hall–Kier alpha value is -2.91. The summed E-state index contributed by atoms with van der Waals surface area (Å²) in [5, 5.41) is 16.3. The van der Waals surface area contributed by atoms with Crippen LogP contribution >= 0.6 is 0 Å². The highest BCUT2D eigenvalue weighted by molar-refractivity contribution is 5.76. The number of aromatic nitrogens is 2. The summed E-state index contributed by atoms with van der Waals surface area (Å²) < 4.78 is 40.7. The van der Waals surface area contributed by atoms with Crippen LogP contribution in [-0.4, -0.2) is 26.8 Å². The van der Waals surface area contributed by atoms with E-state index in [2.05, 4.69) is 5.10 Å². The molecule has 1 unspecified atom stereocenters. The molecule has 0 aliphatic rings. The monoisotopic (exact) mass is 356 g/mol. The normalized spacial score (nSPS) is 12.6. The van der Waals surface area contributed by atoms with Gasteiger partial charge < -0.3 is 5.32 Å². The van der Waals surface area contributed by atoms with Gasteiger partial charge in [0.05, 0.1) is 4.92 Å². The van der Waals surface area contributed by atoms with Gasteiger partial charge in [0, 0.05) is 13.0 Å². The number of nitro groups is 1. The highest BCUT2D eigenvalue weighted by Crippen LogP contribution is 2.32. The first-order chi connectivity index (χ1) is 11.8. The van der Waals surface area contributed by atoms with Gasteiger partial charge in [-0.3, -0.25) is 19.6 Å². The number of nitrogens with zero attached hydrogens (tertiary/aromatic N) is 3. The number of carbonyl (C=O) groups excluding carboxylic acids is 1. The molecule has 7 nitrogen and oxygen atoms in total. The lowest BCUT2D eigenvalue weighted by Gasteiger charge is -2.22. The maximum atomic E-state index is 13.1. The van der Waals surface area contributed by atoms with E-state index in [0.29, 0.717) is 0 Å². The molecule has 1 N–H and O–H groups in total. The van der Waals surface area contributed by atoms with Crippen LogP contribution in [0.15, 0.2) is 42.7 Å². The number of rotatable bonds is 7. The van der Waals surface area contributed by atoms with Crippen LogP contribution in [0.2, 0.25) is 0 Å². The van der Waals surface area contributed by atoms with Crippen LogP contribution in [0, 0.1) is 10.1 Å². The average molecular weight is 356 g/mol. The first-order valence-electron chi connectivity index (χ1n) is 7.35. The molecule has 0 saturated heterocycles. The number of halogens is 3. The van der Waals surface area contributed by atoms with E-state index in [1.165, 1.54) is 35.1 Å². The highest BCUT2D eigenvalue weighted by Gasteiger charge is 2.41. The lowest BCUT2D eigenvalue weighted by atomic mass is 10.1. The standard InChI is InChI=1S/C15H15F3N4O3/c16-15(17,18)14(11-5-2-1-3-6-11)20-13(23)7-4-8-21-10-12(9-19-21)22(24)25/h1-3,5-6,9-10,14H,4,7-8H2,(H,20,23). The number of nitrogens with one attached hydrogen (secondary N) is 1. The molecule has 0 aliphatic heterocycles. The Balaban J connectivity index is 1.89. The second-order valence-corrected chi connectivity index (χ2v) is 5.28. The quantitative estimate of drug-likeness (QED) is 0.610. The predicted molar refractivity (Wildman–Crippen MR) is 81.5 cm³/mol. The largest absolute Gasteiger partial charge is 0.412 e. The minimum Gasteiger partial charge on any atom is -0.341 e. The number of hydrogen-bond donors (Lipinski definition) is 1. The summed E-state index contributed by atoms with van der Waals surface area (Å²) in [6.07, 6.45) is -2.31. The Bertz CT molecular complexity index is 731. The lowest BCUT2D eigenvalue weighted by Crippen LogP contribution is -2.38. The van der Waals surface area contributed by atoms with Crippen molar-refractivity contribution in [3.8, 4) is 0 Å². The lowest BCUT2D eigenvalue weighted by molar-refractivity contribution is -0.385. The Kier molecular flexibility index (Phi) is 5.73. The fourth-order valence-electron chi connectivity index (χ4n) is 2.20. The first-order valence-corrected chi connectivity index (χ1v) is 7.35. The summed E-state index contributed by atoms with van der Waals surface area (Å²) in [6.45, 7) is 0.184. The van der Waals surface area contributed by atoms with E-state index in [4.69, 9.17) is 0 Å². The SMILES string of the molecule is O=C(CCCn1cc([N+](=O)[O-])cn1)NC(c1ccccc1)C(F)(F)F. The summed E-state index contributed by atoms with van der Waals surface area (Å²) in [5.74, 6) is -0.757. The molecule has 1 atom stereocenters. The van der Waals surface area contributed by atoms with Gasteiger partial charge in [0.15, 0.2) is 6.04 Å². The van der Waals surface area contributed by atoms with Gasteiger partial charge in [-0.2, -0.15) is 18.3 Å². The predicted octanol–water partition coefficient (Wildman–Crippen LogP) is 2.99. The zero-order valence-corrected chi connectivity index (χ0v) is 12.9. The minimum atomic E-state index is -4.61. The summed E-state index contributed by atoms with van der Waals surface area (Å²) in [7, 11) is 0. The smallest absolute Gasteiger partial charge is 0.341 e. The van der Waals surface area contributed by atoms with Gasteiger partial charge in [0.25, 0.3) is 0 Å². The van der Waals surface area contributed by atoms with Crippen LogP contribution in [0.25, 0.3) is 0 Å². The number of hydrogen-bond acceptors (Lipinski definition) is 4. The minimum absolute atomic E-state index is 0.0500. The van der Waals surface area contributed by atoms with E-state index in [0.717, 1.165) is 6.20 Å². The molecular weight excluding hydrogens is 341 g/mol. The highest BCUT2D eigenvalue weighted by atomic mass is 19.4. The fourth-order valence-corrected chi connectivity index (χ4v) is 2.20. The molecule has 10 heteroatoms. The number of carbonyl (C=O) groups is 1. The van der Waals surface area contributed by atoms with Crippen LogP contribution in [0.3, 0.4) is 0 Å². The molecule has 1 aromatic carbocycles. The fraction of sp³-hybridized carbons (Fsp3) is 0.333.